The zero-order chi connectivity index (χ0) is 8.85. The van der Waals surface area contributed by atoms with E-state index in [4.69, 9.17) is 5.11 Å². The molecule has 0 rings (SSSR count). The van der Waals surface area contributed by atoms with Gasteiger partial charge in [0.25, 0.3) is 0 Å². The number of urea groups is 1. The first kappa shape index (κ1) is 10.2. The van der Waals surface area contributed by atoms with Crippen molar-refractivity contribution in [2.75, 3.05) is 6.61 Å². The summed E-state index contributed by atoms with van der Waals surface area (Å²) in [4.78, 5) is 10.9. The zero-order valence-corrected chi connectivity index (χ0v) is 7.22. The SMILES string of the molecule is CC(C)NC(=O)N[C@@H](C)CO. The molecular weight excluding hydrogens is 144 g/mol. The number of hydrogen-bond donors (Lipinski definition) is 3. The topological polar surface area (TPSA) is 61.4 Å². The molecule has 0 aliphatic carbocycles. The summed E-state index contributed by atoms with van der Waals surface area (Å²) in [5.74, 6) is 0. The fourth-order valence-electron chi connectivity index (χ4n) is 0.573. The fourth-order valence-corrected chi connectivity index (χ4v) is 0.573. The second-order valence-corrected chi connectivity index (χ2v) is 2.86. The van der Waals surface area contributed by atoms with Crippen LogP contribution in [0.2, 0.25) is 0 Å². The second-order valence-electron chi connectivity index (χ2n) is 2.86. The van der Waals surface area contributed by atoms with Gasteiger partial charge in [-0.2, -0.15) is 0 Å². The third kappa shape index (κ3) is 5.66. The molecule has 0 saturated heterocycles. The Balaban J connectivity index is 3.52. The molecule has 66 valence electrons. The van der Waals surface area contributed by atoms with Gasteiger partial charge in [0, 0.05) is 6.04 Å². The molecule has 0 heterocycles. The number of hydrogen-bond acceptors (Lipinski definition) is 2. The monoisotopic (exact) mass is 160 g/mol. The first-order valence-corrected chi connectivity index (χ1v) is 3.74. The standard InChI is InChI=1S/C7H16N2O2/c1-5(2)8-7(11)9-6(3)4-10/h5-6,10H,4H2,1-3H3,(H2,8,9,11)/t6-/m0/s1. The van der Waals surface area contributed by atoms with E-state index < -0.39 is 0 Å². The molecule has 11 heavy (non-hydrogen) atoms. The van der Waals surface area contributed by atoms with E-state index in [1.807, 2.05) is 13.8 Å². The van der Waals surface area contributed by atoms with Crippen LogP contribution in [0.1, 0.15) is 20.8 Å². The fraction of sp³-hybridized carbons (Fsp3) is 0.857. The molecule has 2 amide bonds. The lowest BCUT2D eigenvalue weighted by Crippen LogP contribution is -2.44. The summed E-state index contributed by atoms with van der Waals surface area (Å²) in [6, 6.07) is -0.295. The number of carbonyl (C=O) groups is 1. The zero-order valence-electron chi connectivity index (χ0n) is 7.22. The van der Waals surface area contributed by atoms with Gasteiger partial charge in [-0.15, -0.1) is 0 Å². The molecule has 0 radical (unpaired) electrons. The molecule has 0 spiro atoms. The highest BCUT2D eigenvalue weighted by Crippen LogP contribution is 1.80. The van der Waals surface area contributed by atoms with Crippen molar-refractivity contribution < 1.29 is 9.90 Å². The summed E-state index contributed by atoms with van der Waals surface area (Å²) >= 11 is 0. The molecule has 0 aliphatic rings. The molecular formula is C7H16N2O2. The second kappa shape index (κ2) is 4.96. The third-order valence-electron chi connectivity index (χ3n) is 1.07. The maximum absolute atomic E-state index is 10.9. The predicted octanol–water partition coefficient (Wildman–Crippen LogP) is 0.0748. The Morgan fingerprint density at radius 2 is 1.91 bits per heavy atom. The molecule has 0 bridgehead atoms. The van der Waals surface area contributed by atoms with Gasteiger partial charge in [-0.05, 0) is 20.8 Å². The van der Waals surface area contributed by atoms with Crippen LogP contribution in [0.15, 0.2) is 0 Å². The Morgan fingerprint density at radius 3 is 2.27 bits per heavy atom. The van der Waals surface area contributed by atoms with E-state index in [0.29, 0.717) is 0 Å². The molecule has 4 nitrogen and oxygen atoms in total. The molecule has 0 aromatic heterocycles. The Labute approximate surface area is 67.0 Å². The Bertz CT molecular complexity index is 126. The minimum Gasteiger partial charge on any atom is -0.394 e. The van der Waals surface area contributed by atoms with Gasteiger partial charge >= 0.3 is 6.03 Å². The van der Waals surface area contributed by atoms with Crippen molar-refractivity contribution in [3.05, 3.63) is 0 Å². The average molecular weight is 160 g/mol. The number of rotatable bonds is 3. The summed E-state index contributed by atoms with van der Waals surface area (Å²) in [5.41, 5.74) is 0. The average Bonchev–Trinajstić information content (AvgIpc) is 1.85. The van der Waals surface area contributed by atoms with E-state index in [9.17, 15) is 4.79 Å². The van der Waals surface area contributed by atoms with Crippen molar-refractivity contribution in [2.24, 2.45) is 0 Å². The lowest BCUT2D eigenvalue weighted by molar-refractivity contribution is 0.219. The van der Waals surface area contributed by atoms with Crippen molar-refractivity contribution >= 4 is 6.03 Å². The Morgan fingerprint density at radius 1 is 1.36 bits per heavy atom. The first-order chi connectivity index (χ1) is 5.06. The Hall–Kier alpha value is -0.770. The van der Waals surface area contributed by atoms with E-state index in [0.717, 1.165) is 0 Å². The maximum atomic E-state index is 10.9. The molecule has 0 aromatic carbocycles. The first-order valence-electron chi connectivity index (χ1n) is 3.74. The van der Waals surface area contributed by atoms with Crippen LogP contribution in [0.3, 0.4) is 0 Å². The van der Waals surface area contributed by atoms with E-state index in [-0.39, 0.29) is 24.7 Å². The van der Waals surface area contributed by atoms with Crippen molar-refractivity contribution in [3.8, 4) is 0 Å². The summed E-state index contributed by atoms with van der Waals surface area (Å²) in [6.07, 6.45) is 0. The van der Waals surface area contributed by atoms with Gasteiger partial charge in [0.2, 0.25) is 0 Å². The molecule has 3 N–H and O–H groups in total. The third-order valence-corrected chi connectivity index (χ3v) is 1.07. The van der Waals surface area contributed by atoms with Gasteiger partial charge in [0.05, 0.1) is 12.6 Å². The summed E-state index contributed by atoms with van der Waals surface area (Å²) in [5, 5.41) is 13.8. The van der Waals surface area contributed by atoms with E-state index in [2.05, 4.69) is 10.6 Å². The van der Waals surface area contributed by atoms with Crippen LogP contribution in [0.5, 0.6) is 0 Å². The van der Waals surface area contributed by atoms with Crippen molar-refractivity contribution in [3.63, 3.8) is 0 Å². The van der Waals surface area contributed by atoms with Crippen molar-refractivity contribution in [2.45, 2.75) is 32.9 Å². The highest BCUT2D eigenvalue weighted by atomic mass is 16.3. The van der Waals surface area contributed by atoms with Crippen LogP contribution in [0.25, 0.3) is 0 Å². The quantitative estimate of drug-likeness (QED) is 0.547. The lowest BCUT2D eigenvalue weighted by atomic mass is 10.3. The minimum absolute atomic E-state index is 0.0362. The van der Waals surface area contributed by atoms with Crippen molar-refractivity contribution in [1.29, 1.82) is 0 Å². The van der Waals surface area contributed by atoms with Crippen LogP contribution in [0, 0.1) is 0 Å². The molecule has 0 aliphatic heterocycles. The molecule has 0 aromatic rings. The molecule has 4 heteroatoms. The van der Waals surface area contributed by atoms with E-state index >= 15 is 0 Å². The smallest absolute Gasteiger partial charge is 0.315 e. The number of aliphatic hydroxyl groups is 1. The Kier molecular flexibility index (Phi) is 4.61. The van der Waals surface area contributed by atoms with Gasteiger partial charge in [-0.25, -0.2) is 4.79 Å². The van der Waals surface area contributed by atoms with Crippen LogP contribution in [-0.2, 0) is 0 Å². The highest BCUT2D eigenvalue weighted by Gasteiger charge is 2.05. The van der Waals surface area contributed by atoms with Crippen molar-refractivity contribution in [1.82, 2.24) is 10.6 Å². The van der Waals surface area contributed by atoms with Crippen LogP contribution < -0.4 is 10.6 Å². The summed E-state index contributed by atoms with van der Waals surface area (Å²) < 4.78 is 0. The molecule has 1 atom stereocenters. The largest absolute Gasteiger partial charge is 0.394 e. The molecule has 0 saturated carbocycles. The lowest BCUT2D eigenvalue weighted by Gasteiger charge is -2.13. The van der Waals surface area contributed by atoms with Crippen LogP contribution in [0.4, 0.5) is 4.79 Å². The minimum atomic E-state index is -0.235. The number of aliphatic hydroxyl groups excluding tert-OH is 1. The van der Waals surface area contributed by atoms with Gasteiger partial charge in [0.15, 0.2) is 0 Å². The summed E-state index contributed by atoms with van der Waals surface area (Å²) in [6.45, 7) is 5.46. The van der Waals surface area contributed by atoms with E-state index in [1.54, 1.807) is 6.92 Å². The maximum Gasteiger partial charge on any atom is 0.315 e. The summed E-state index contributed by atoms with van der Waals surface area (Å²) in [7, 11) is 0. The highest BCUT2D eigenvalue weighted by molar-refractivity contribution is 5.74. The van der Waals surface area contributed by atoms with Crippen LogP contribution >= 0.6 is 0 Å². The number of carbonyl (C=O) groups excluding carboxylic acids is 1. The molecule has 0 fully saturated rings. The van der Waals surface area contributed by atoms with Gasteiger partial charge in [-0.3, -0.25) is 0 Å². The normalized spacial score (nSPS) is 12.8. The molecule has 0 unspecified atom stereocenters. The van der Waals surface area contributed by atoms with Gasteiger partial charge < -0.3 is 15.7 Å². The van der Waals surface area contributed by atoms with Crippen LogP contribution in [-0.4, -0.2) is 29.8 Å². The number of amides is 2. The van der Waals surface area contributed by atoms with Gasteiger partial charge in [0.1, 0.15) is 0 Å². The van der Waals surface area contributed by atoms with E-state index in [1.165, 1.54) is 0 Å². The number of nitrogens with one attached hydrogen (secondary N) is 2. The van der Waals surface area contributed by atoms with Gasteiger partial charge in [-0.1, -0.05) is 0 Å². The predicted molar refractivity (Wildman–Crippen MR) is 43.4 cm³/mol.